The van der Waals surface area contributed by atoms with E-state index in [1.54, 1.807) is 0 Å². The van der Waals surface area contributed by atoms with Crippen LogP contribution in [0.25, 0.3) is 0 Å². The van der Waals surface area contributed by atoms with Gasteiger partial charge in [-0.25, -0.2) is 0 Å². The van der Waals surface area contributed by atoms with E-state index in [4.69, 9.17) is 0 Å². The van der Waals surface area contributed by atoms with Crippen molar-refractivity contribution in [1.29, 1.82) is 0 Å². The second-order valence-corrected chi connectivity index (χ2v) is 6.52. The topological polar surface area (TPSA) is 40.5 Å². The summed E-state index contributed by atoms with van der Waals surface area (Å²) >= 11 is 0. The highest BCUT2D eigenvalue weighted by molar-refractivity contribution is 5.09. The number of fused-ring (bicyclic) bond motifs is 1. The van der Waals surface area contributed by atoms with Gasteiger partial charge in [-0.3, -0.25) is 0 Å². The fourth-order valence-corrected chi connectivity index (χ4v) is 4.54. The van der Waals surface area contributed by atoms with Crippen LogP contribution < -0.4 is 0 Å². The summed E-state index contributed by atoms with van der Waals surface area (Å²) in [5.41, 5.74) is -0.913. The average molecular weight is 210 g/mol. The minimum Gasteiger partial charge on any atom is -0.390 e. The molecular weight excluding hydrogens is 188 g/mol. The summed E-state index contributed by atoms with van der Waals surface area (Å²) in [7, 11) is 0. The summed E-state index contributed by atoms with van der Waals surface area (Å²) < 4.78 is 0. The summed E-state index contributed by atoms with van der Waals surface area (Å²) in [6.07, 6.45) is 5.33. The zero-order valence-electron chi connectivity index (χ0n) is 9.74. The Kier molecular flexibility index (Phi) is 1.87. The second kappa shape index (κ2) is 2.78. The Balaban J connectivity index is 2.01. The first-order valence-corrected chi connectivity index (χ1v) is 6.37. The molecule has 0 aromatic heterocycles. The molecule has 0 heterocycles. The molecule has 0 amide bonds. The molecule has 0 radical (unpaired) electrons. The Morgan fingerprint density at radius 3 is 1.47 bits per heavy atom. The highest BCUT2D eigenvalue weighted by atomic mass is 16.3. The molecule has 2 heteroatoms. The smallest absolute Gasteiger partial charge is 0.0676 e. The van der Waals surface area contributed by atoms with Gasteiger partial charge in [0.15, 0.2) is 0 Å². The molecule has 0 aliphatic heterocycles. The lowest BCUT2D eigenvalue weighted by Crippen LogP contribution is -2.56. The van der Waals surface area contributed by atoms with Gasteiger partial charge in [-0.1, -0.05) is 0 Å². The van der Waals surface area contributed by atoms with Gasteiger partial charge in [0.05, 0.1) is 11.2 Å². The van der Waals surface area contributed by atoms with E-state index in [0.717, 1.165) is 32.1 Å². The van der Waals surface area contributed by atoms with Crippen molar-refractivity contribution in [1.82, 2.24) is 0 Å². The zero-order valence-corrected chi connectivity index (χ0v) is 9.74. The van der Waals surface area contributed by atoms with Crippen molar-refractivity contribution in [3.63, 3.8) is 0 Å². The van der Waals surface area contributed by atoms with Crippen LogP contribution in [0.5, 0.6) is 0 Å². The molecule has 2 nitrogen and oxygen atoms in total. The lowest BCUT2D eigenvalue weighted by Gasteiger charge is -2.54. The summed E-state index contributed by atoms with van der Waals surface area (Å²) in [5, 5.41) is 21.1. The molecule has 15 heavy (non-hydrogen) atoms. The van der Waals surface area contributed by atoms with E-state index in [-0.39, 0.29) is 0 Å². The van der Waals surface area contributed by atoms with Crippen LogP contribution in [0.15, 0.2) is 0 Å². The monoisotopic (exact) mass is 210 g/mol. The van der Waals surface area contributed by atoms with Gasteiger partial charge in [0.1, 0.15) is 0 Å². The van der Waals surface area contributed by atoms with Crippen molar-refractivity contribution in [3.8, 4) is 0 Å². The Hall–Kier alpha value is -0.0800. The van der Waals surface area contributed by atoms with Crippen molar-refractivity contribution in [2.24, 2.45) is 23.7 Å². The van der Waals surface area contributed by atoms with E-state index in [9.17, 15) is 10.2 Å². The van der Waals surface area contributed by atoms with Gasteiger partial charge >= 0.3 is 0 Å². The van der Waals surface area contributed by atoms with Gasteiger partial charge in [-0.15, -0.1) is 0 Å². The third-order valence-electron chi connectivity index (χ3n) is 5.88. The van der Waals surface area contributed by atoms with Crippen LogP contribution in [-0.2, 0) is 0 Å². The molecule has 86 valence electrons. The quantitative estimate of drug-likeness (QED) is 0.641. The second-order valence-electron chi connectivity index (χ2n) is 6.52. The highest BCUT2D eigenvalue weighted by Gasteiger charge is 2.58. The molecule has 0 aromatic rings. The van der Waals surface area contributed by atoms with Crippen molar-refractivity contribution in [2.75, 3.05) is 0 Å². The molecule has 0 aromatic carbocycles. The molecule has 4 aliphatic rings. The van der Waals surface area contributed by atoms with Crippen LogP contribution in [0.3, 0.4) is 0 Å². The SMILES string of the molecule is C[C@@]1(O)C2CCC3CC1CC(C2)[C@]3(C)O. The summed E-state index contributed by atoms with van der Waals surface area (Å²) in [5.74, 6) is 1.74. The molecular formula is C13H22O2. The molecule has 6 atom stereocenters. The minimum atomic E-state index is -0.457. The first kappa shape index (κ1) is 10.1. The molecule has 0 saturated heterocycles. The molecule has 0 spiro atoms. The minimum absolute atomic E-state index is 0.431. The van der Waals surface area contributed by atoms with Gasteiger partial charge < -0.3 is 10.2 Å². The van der Waals surface area contributed by atoms with Gasteiger partial charge in [0, 0.05) is 0 Å². The third kappa shape index (κ3) is 1.18. The standard InChI is InChI=1S/C13H22O2/c1-12(14)8-3-4-9-6-10(12)7-11(5-8)13(9,2)15/h8-11,14-15H,3-7H2,1-2H3/t8?,9?,10?,11?,12-,13-/m1/s1. The summed E-state index contributed by atoms with van der Waals surface area (Å²) in [6.45, 7) is 4.06. The third-order valence-corrected chi connectivity index (χ3v) is 5.88. The Bertz CT molecular complexity index is 242. The fraction of sp³-hybridized carbons (Fsp3) is 1.00. The van der Waals surface area contributed by atoms with E-state index < -0.39 is 11.2 Å². The van der Waals surface area contributed by atoms with Gasteiger partial charge in [-0.2, -0.15) is 0 Å². The van der Waals surface area contributed by atoms with Crippen molar-refractivity contribution in [3.05, 3.63) is 0 Å². The van der Waals surface area contributed by atoms with Crippen LogP contribution in [0, 0.1) is 23.7 Å². The molecule has 4 bridgehead atoms. The number of hydrogen-bond donors (Lipinski definition) is 2. The molecule has 4 fully saturated rings. The predicted molar refractivity (Wildman–Crippen MR) is 58.3 cm³/mol. The van der Waals surface area contributed by atoms with E-state index >= 15 is 0 Å². The zero-order chi connectivity index (χ0) is 10.8. The Morgan fingerprint density at radius 2 is 1.07 bits per heavy atom. The maximum absolute atomic E-state index is 10.6. The van der Waals surface area contributed by atoms with Crippen LogP contribution in [-0.4, -0.2) is 21.4 Å². The maximum atomic E-state index is 10.6. The maximum Gasteiger partial charge on any atom is 0.0676 e. The Morgan fingerprint density at radius 1 is 0.733 bits per heavy atom. The summed E-state index contributed by atoms with van der Waals surface area (Å²) in [4.78, 5) is 0. The Labute approximate surface area is 91.7 Å². The van der Waals surface area contributed by atoms with E-state index in [2.05, 4.69) is 0 Å². The lowest BCUT2D eigenvalue weighted by atomic mass is 9.56. The van der Waals surface area contributed by atoms with E-state index in [1.807, 2.05) is 13.8 Å². The molecule has 4 saturated carbocycles. The predicted octanol–water partition coefficient (Wildman–Crippen LogP) is 1.94. The highest BCUT2D eigenvalue weighted by Crippen LogP contribution is 2.59. The number of aliphatic hydroxyl groups is 2. The number of rotatable bonds is 0. The van der Waals surface area contributed by atoms with E-state index in [0.29, 0.717) is 23.7 Å². The van der Waals surface area contributed by atoms with Crippen LogP contribution in [0.1, 0.15) is 46.0 Å². The normalized spacial score (nSPS) is 63.2. The van der Waals surface area contributed by atoms with Crippen LogP contribution in [0.4, 0.5) is 0 Å². The van der Waals surface area contributed by atoms with Crippen molar-refractivity contribution >= 4 is 0 Å². The van der Waals surface area contributed by atoms with Gasteiger partial charge in [0.25, 0.3) is 0 Å². The fourth-order valence-electron chi connectivity index (χ4n) is 4.54. The number of hydrogen-bond acceptors (Lipinski definition) is 2. The van der Waals surface area contributed by atoms with E-state index in [1.165, 1.54) is 0 Å². The van der Waals surface area contributed by atoms with Crippen LogP contribution in [0.2, 0.25) is 0 Å². The molecule has 4 aliphatic carbocycles. The van der Waals surface area contributed by atoms with Gasteiger partial charge in [-0.05, 0) is 69.6 Å². The summed E-state index contributed by atoms with van der Waals surface area (Å²) in [6, 6.07) is 0. The van der Waals surface area contributed by atoms with Crippen molar-refractivity contribution < 1.29 is 10.2 Å². The lowest BCUT2D eigenvalue weighted by molar-refractivity contribution is -0.168. The molecule has 2 N–H and O–H groups in total. The average Bonchev–Trinajstić information content (AvgIpc) is 2.30. The van der Waals surface area contributed by atoms with Gasteiger partial charge in [0.2, 0.25) is 0 Å². The largest absolute Gasteiger partial charge is 0.390 e. The first-order valence-electron chi connectivity index (χ1n) is 6.37. The van der Waals surface area contributed by atoms with Crippen LogP contribution >= 0.6 is 0 Å². The first-order chi connectivity index (χ1) is 6.92. The molecule has 4 unspecified atom stereocenters. The van der Waals surface area contributed by atoms with Crippen molar-refractivity contribution in [2.45, 2.75) is 57.2 Å². The molecule has 4 rings (SSSR count).